The lowest BCUT2D eigenvalue weighted by Gasteiger charge is -2.34. The van der Waals surface area contributed by atoms with Gasteiger partial charge in [-0.3, -0.25) is 9.35 Å². The van der Waals surface area contributed by atoms with Crippen LogP contribution in [-0.4, -0.2) is 61.6 Å². The lowest BCUT2D eigenvalue weighted by Crippen LogP contribution is -2.44. The second-order valence-electron chi connectivity index (χ2n) is 6.77. The Labute approximate surface area is 157 Å². The number of rotatable bonds is 3. The molecule has 2 unspecified atom stereocenters. The summed E-state index contributed by atoms with van der Waals surface area (Å²) in [7, 11) is -2.60. The van der Waals surface area contributed by atoms with Crippen molar-refractivity contribution in [2.75, 3.05) is 30.9 Å². The molecule has 0 amide bonds. The third-order valence-electron chi connectivity index (χ3n) is 4.45. The first kappa shape index (κ1) is 17.9. The number of fused-ring (bicyclic) bond motifs is 1. The van der Waals surface area contributed by atoms with Crippen molar-refractivity contribution in [3.05, 3.63) is 36.3 Å². The Morgan fingerprint density at radius 2 is 2.26 bits per heavy atom. The summed E-state index contributed by atoms with van der Waals surface area (Å²) in [5.41, 5.74) is 2.17. The van der Waals surface area contributed by atoms with Gasteiger partial charge in [0.15, 0.2) is 5.82 Å². The maximum absolute atomic E-state index is 12.1. The molecule has 1 aliphatic rings. The number of nitrogens with one attached hydrogen (secondary N) is 1. The molecular weight excluding hydrogens is 364 g/mol. The highest BCUT2D eigenvalue weighted by Crippen LogP contribution is 2.27. The number of aromatic amines is 1. The van der Waals surface area contributed by atoms with Crippen LogP contribution in [0.15, 0.2) is 30.6 Å². The van der Waals surface area contributed by atoms with Crippen molar-refractivity contribution < 1.29 is 8.95 Å². The number of hydrogen-bond donors (Lipinski definition) is 2. The minimum atomic E-state index is -2.60. The molecule has 1 saturated heterocycles. The van der Waals surface area contributed by atoms with E-state index in [9.17, 15) is 4.21 Å². The number of H-pyrrole nitrogens is 1. The summed E-state index contributed by atoms with van der Waals surface area (Å²) in [6.45, 7) is 4.10. The molecule has 9 heteroatoms. The normalized spacial score (nSPS) is 19.8. The monoisotopic (exact) mass is 386 g/mol. The first-order valence-electron chi connectivity index (χ1n) is 8.68. The van der Waals surface area contributed by atoms with Crippen LogP contribution in [0.2, 0.25) is 0 Å². The van der Waals surface area contributed by atoms with E-state index in [4.69, 9.17) is 14.9 Å². The van der Waals surface area contributed by atoms with Gasteiger partial charge >= 0.3 is 0 Å². The van der Waals surface area contributed by atoms with Crippen molar-refractivity contribution in [2.24, 2.45) is 5.14 Å². The Morgan fingerprint density at radius 1 is 1.41 bits per heavy atom. The van der Waals surface area contributed by atoms with Crippen LogP contribution in [-0.2, 0) is 14.4 Å². The average molecular weight is 386 g/mol. The minimum absolute atomic E-state index is 0.183. The van der Waals surface area contributed by atoms with E-state index >= 15 is 0 Å². The van der Waals surface area contributed by atoms with Crippen molar-refractivity contribution in [1.29, 1.82) is 0 Å². The topological polar surface area (TPSA) is 110 Å². The Morgan fingerprint density at radius 3 is 3.04 bits per heavy atom. The Kier molecular flexibility index (Phi) is 4.58. The number of nitrogens with two attached hydrogens (primary N) is 1. The third kappa shape index (κ3) is 3.80. The number of hydrogen-bond acceptors (Lipinski definition) is 6. The molecule has 0 spiro atoms. The summed E-state index contributed by atoms with van der Waals surface area (Å²) in [6, 6.07) is 5.84. The van der Waals surface area contributed by atoms with Crippen molar-refractivity contribution in [3.8, 4) is 11.4 Å². The zero-order valence-corrected chi connectivity index (χ0v) is 16.1. The number of nitrogens with zero attached hydrogens (tertiary/aromatic N) is 4. The maximum atomic E-state index is 12.1. The number of pyridine rings is 1. The molecule has 2 atom stereocenters. The Hall–Kier alpha value is -2.49. The van der Waals surface area contributed by atoms with Gasteiger partial charge in [0, 0.05) is 57.3 Å². The quantitative estimate of drug-likeness (QED) is 0.654. The number of ether oxygens (including phenoxy) is 1. The molecule has 8 nitrogen and oxygen atoms in total. The van der Waals surface area contributed by atoms with E-state index < -0.39 is 9.71 Å². The van der Waals surface area contributed by atoms with Crippen molar-refractivity contribution in [2.45, 2.75) is 13.0 Å². The minimum Gasteiger partial charge on any atom is -0.377 e. The fourth-order valence-electron chi connectivity index (χ4n) is 3.24. The highest BCUT2D eigenvalue weighted by atomic mass is 32.2. The fourth-order valence-corrected chi connectivity index (χ4v) is 3.84. The van der Waals surface area contributed by atoms with E-state index in [2.05, 4.69) is 26.8 Å². The van der Waals surface area contributed by atoms with E-state index in [1.807, 2.05) is 24.4 Å². The second-order valence-corrected chi connectivity index (χ2v) is 8.94. The van der Waals surface area contributed by atoms with E-state index in [1.165, 1.54) is 11.6 Å². The Bertz CT molecular complexity index is 1090. The summed E-state index contributed by atoms with van der Waals surface area (Å²) in [6.07, 6.45) is 5.04. The standard InChI is InChI=1S/C18H22N6O2S/c1-12-10-26-8-7-24(12)16-9-13(11-27(2,19)25)22-18(23-16)15-4-6-21-17-14(15)3-5-20-17/h3-6,9,11-12H,7-8,10H2,1-2H3,(H2,19,25)(H,20,21). The number of aromatic nitrogens is 4. The average Bonchev–Trinajstić information content (AvgIpc) is 3.09. The van der Waals surface area contributed by atoms with Gasteiger partial charge in [-0.1, -0.05) is 0 Å². The van der Waals surface area contributed by atoms with Crippen LogP contribution in [0.25, 0.3) is 22.4 Å². The molecule has 4 heterocycles. The largest absolute Gasteiger partial charge is 0.377 e. The van der Waals surface area contributed by atoms with Crippen LogP contribution in [0.1, 0.15) is 12.6 Å². The smallest absolute Gasteiger partial charge is 0.162 e. The molecule has 0 aliphatic carbocycles. The molecule has 1 aliphatic heterocycles. The van der Waals surface area contributed by atoms with Crippen molar-refractivity contribution >= 4 is 31.9 Å². The Balaban J connectivity index is 1.91. The van der Waals surface area contributed by atoms with Crippen molar-refractivity contribution in [1.82, 2.24) is 19.9 Å². The summed E-state index contributed by atoms with van der Waals surface area (Å²) < 4.78 is 17.7. The second kappa shape index (κ2) is 6.91. The first-order chi connectivity index (χ1) is 12.9. The van der Waals surface area contributed by atoms with Gasteiger partial charge in [-0.2, -0.15) is 0 Å². The molecule has 0 radical (unpaired) electrons. The predicted molar refractivity (Wildman–Crippen MR) is 108 cm³/mol. The molecule has 3 N–H and O–H groups in total. The summed E-state index contributed by atoms with van der Waals surface area (Å²) in [5, 5.41) is 8.18. The van der Waals surface area contributed by atoms with Crippen LogP contribution in [0.4, 0.5) is 5.82 Å². The van der Waals surface area contributed by atoms with E-state index in [0.29, 0.717) is 24.7 Å². The molecule has 0 bridgehead atoms. The van der Waals surface area contributed by atoms with Gasteiger partial charge in [-0.15, -0.1) is 0 Å². The zero-order chi connectivity index (χ0) is 19.0. The van der Waals surface area contributed by atoms with Gasteiger partial charge in [0.1, 0.15) is 11.5 Å². The molecule has 0 aromatic carbocycles. The highest BCUT2D eigenvalue weighted by Gasteiger charge is 2.22. The lowest BCUT2D eigenvalue weighted by atomic mass is 10.1. The number of morpholine rings is 1. The van der Waals surface area contributed by atoms with Crippen LogP contribution in [0.5, 0.6) is 0 Å². The van der Waals surface area contributed by atoms with Gasteiger partial charge in [0.05, 0.1) is 24.9 Å². The van der Waals surface area contributed by atoms with Gasteiger partial charge in [-0.05, 0) is 19.1 Å². The SMILES string of the molecule is CC1COCCN1c1cc(C=S(C)(N)=O)nc(-c2ccnc3[nH]ccc23)n1. The van der Waals surface area contributed by atoms with Gasteiger partial charge < -0.3 is 14.6 Å². The summed E-state index contributed by atoms with van der Waals surface area (Å²) >= 11 is 0. The van der Waals surface area contributed by atoms with Crippen LogP contribution in [0.3, 0.4) is 0 Å². The summed E-state index contributed by atoms with van der Waals surface area (Å²) in [4.78, 5) is 19.0. The van der Waals surface area contributed by atoms with Crippen LogP contribution in [0, 0.1) is 0 Å². The molecule has 0 saturated carbocycles. The van der Waals surface area contributed by atoms with Crippen molar-refractivity contribution in [3.63, 3.8) is 0 Å². The third-order valence-corrected chi connectivity index (χ3v) is 5.16. The zero-order valence-electron chi connectivity index (χ0n) is 15.3. The lowest BCUT2D eigenvalue weighted by molar-refractivity contribution is 0.0985. The molecular formula is C18H22N6O2S. The number of anilines is 1. The van der Waals surface area contributed by atoms with Gasteiger partial charge in [0.25, 0.3) is 0 Å². The van der Waals surface area contributed by atoms with Gasteiger partial charge in [0.2, 0.25) is 0 Å². The molecule has 3 aromatic heterocycles. The molecule has 4 rings (SSSR count). The highest BCUT2D eigenvalue weighted by molar-refractivity contribution is 7.98. The first-order valence-corrected chi connectivity index (χ1v) is 10.8. The van der Waals surface area contributed by atoms with Gasteiger partial charge in [-0.25, -0.2) is 15.0 Å². The maximum Gasteiger partial charge on any atom is 0.162 e. The van der Waals surface area contributed by atoms with E-state index in [-0.39, 0.29) is 6.04 Å². The fraction of sp³-hybridized carbons (Fsp3) is 0.333. The molecule has 1 fully saturated rings. The molecule has 27 heavy (non-hydrogen) atoms. The van der Waals surface area contributed by atoms with E-state index in [0.717, 1.165) is 29.0 Å². The van der Waals surface area contributed by atoms with E-state index in [1.54, 1.807) is 6.20 Å². The molecule has 142 valence electrons. The van der Waals surface area contributed by atoms with Crippen LogP contribution >= 0.6 is 0 Å². The predicted octanol–water partition coefficient (Wildman–Crippen LogP) is 1.18. The molecule has 3 aromatic rings. The summed E-state index contributed by atoms with van der Waals surface area (Å²) in [5.74, 6) is 1.32. The van der Waals surface area contributed by atoms with Crippen LogP contribution < -0.4 is 10.0 Å².